The minimum Gasteiger partial charge on any atom is -0.468 e. The predicted molar refractivity (Wildman–Crippen MR) is 120 cm³/mol. The second-order valence-corrected chi connectivity index (χ2v) is 7.34. The van der Waals surface area contributed by atoms with E-state index in [2.05, 4.69) is 25.5 Å². The molecular weight excluding hydrogens is 376 g/mol. The van der Waals surface area contributed by atoms with Gasteiger partial charge in [0.25, 0.3) is 0 Å². The molecule has 0 N–H and O–H groups in total. The number of esters is 1. The quantitative estimate of drug-likeness (QED) is 0.334. The van der Waals surface area contributed by atoms with Gasteiger partial charge in [0.15, 0.2) is 17.5 Å². The lowest BCUT2D eigenvalue weighted by Crippen LogP contribution is -2.30. The molecule has 0 spiro atoms. The number of allylic oxidation sites excluding steroid dienone is 2. The summed E-state index contributed by atoms with van der Waals surface area (Å²) in [6.45, 7) is 6.27. The summed E-state index contributed by atoms with van der Waals surface area (Å²) in [7, 11) is 1.16. The molecule has 0 bridgehead atoms. The second kappa shape index (κ2) is 11.1. The molecule has 0 aliphatic carbocycles. The number of hydrogen-bond donors (Lipinski definition) is 0. The molecule has 0 radical (unpaired) electrons. The van der Waals surface area contributed by atoms with Gasteiger partial charge >= 0.3 is 5.97 Å². The molecule has 0 heterocycles. The number of benzene rings is 2. The third kappa shape index (κ3) is 6.38. The standard InChI is InChI=1S/C26H28O4/c1-5-19-6-8-20(9-7-19)12-16-23(27)25(26(29)30-4)24(28)17-13-21-10-14-22(15-11-21)18(2)3/h6-18,25H,5H2,1-4H3. The van der Waals surface area contributed by atoms with Crippen LogP contribution in [-0.2, 0) is 25.5 Å². The maximum Gasteiger partial charge on any atom is 0.324 e. The van der Waals surface area contributed by atoms with Crippen molar-refractivity contribution in [2.24, 2.45) is 5.92 Å². The minimum absolute atomic E-state index is 0.413. The van der Waals surface area contributed by atoms with Gasteiger partial charge in [0.2, 0.25) is 0 Å². The average molecular weight is 405 g/mol. The smallest absolute Gasteiger partial charge is 0.324 e. The van der Waals surface area contributed by atoms with Gasteiger partial charge in [-0.05, 0) is 46.7 Å². The zero-order valence-corrected chi connectivity index (χ0v) is 17.9. The lowest BCUT2D eigenvalue weighted by molar-refractivity contribution is -0.150. The van der Waals surface area contributed by atoms with Crippen LogP contribution in [0.15, 0.2) is 60.7 Å². The number of methoxy groups -OCH3 is 1. The van der Waals surface area contributed by atoms with Crippen molar-refractivity contribution in [3.8, 4) is 0 Å². The molecule has 1 atom stereocenters. The number of rotatable bonds is 9. The van der Waals surface area contributed by atoms with Crippen molar-refractivity contribution < 1.29 is 19.1 Å². The molecule has 0 saturated heterocycles. The molecule has 0 aromatic heterocycles. The van der Waals surface area contributed by atoms with E-state index in [1.165, 1.54) is 23.3 Å². The summed E-state index contributed by atoms with van der Waals surface area (Å²) >= 11 is 0. The highest BCUT2D eigenvalue weighted by Crippen LogP contribution is 2.16. The van der Waals surface area contributed by atoms with Crippen LogP contribution in [0.1, 0.15) is 48.9 Å². The van der Waals surface area contributed by atoms with E-state index < -0.39 is 23.5 Å². The fourth-order valence-corrected chi connectivity index (χ4v) is 2.90. The molecule has 156 valence electrons. The third-order valence-corrected chi connectivity index (χ3v) is 4.88. The number of aryl methyl sites for hydroxylation is 1. The fourth-order valence-electron chi connectivity index (χ4n) is 2.90. The van der Waals surface area contributed by atoms with Gasteiger partial charge in [-0.15, -0.1) is 0 Å². The second-order valence-electron chi connectivity index (χ2n) is 7.34. The summed E-state index contributed by atoms with van der Waals surface area (Å²) in [4.78, 5) is 37.2. The predicted octanol–water partition coefficient (Wildman–Crippen LogP) is 5.03. The van der Waals surface area contributed by atoms with Crippen molar-refractivity contribution >= 4 is 29.7 Å². The Kier molecular flexibility index (Phi) is 8.48. The van der Waals surface area contributed by atoms with E-state index in [4.69, 9.17) is 0 Å². The van der Waals surface area contributed by atoms with Gasteiger partial charge < -0.3 is 4.74 Å². The SMILES string of the molecule is CCc1ccc(C=CC(=O)C(C(=O)C=Cc2ccc(C(C)C)cc2)C(=O)OC)cc1. The van der Waals surface area contributed by atoms with E-state index in [0.717, 1.165) is 24.7 Å². The Bertz CT molecular complexity index is 932. The van der Waals surface area contributed by atoms with Gasteiger partial charge in [-0.1, -0.05) is 81.5 Å². The molecule has 0 saturated carbocycles. The van der Waals surface area contributed by atoms with Gasteiger partial charge in [0.05, 0.1) is 7.11 Å². The Hall–Kier alpha value is -3.27. The zero-order chi connectivity index (χ0) is 22.1. The molecule has 2 aromatic rings. The molecule has 30 heavy (non-hydrogen) atoms. The van der Waals surface area contributed by atoms with E-state index in [1.807, 2.05) is 48.5 Å². The lowest BCUT2D eigenvalue weighted by Gasteiger charge is -2.08. The molecule has 1 unspecified atom stereocenters. The van der Waals surface area contributed by atoms with E-state index in [1.54, 1.807) is 12.2 Å². The minimum atomic E-state index is -1.51. The molecule has 2 aromatic carbocycles. The summed E-state index contributed by atoms with van der Waals surface area (Å²) in [6, 6.07) is 15.5. The zero-order valence-electron chi connectivity index (χ0n) is 17.9. The van der Waals surface area contributed by atoms with E-state index in [9.17, 15) is 14.4 Å². The maximum absolute atomic E-state index is 12.6. The van der Waals surface area contributed by atoms with Crippen molar-refractivity contribution in [1.82, 2.24) is 0 Å². The van der Waals surface area contributed by atoms with Crippen LogP contribution in [0.5, 0.6) is 0 Å². The Labute approximate surface area is 178 Å². The van der Waals surface area contributed by atoms with Crippen molar-refractivity contribution in [3.05, 3.63) is 82.9 Å². The van der Waals surface area contributed by atoms with Crippen LogP contribution in [0.25, 0.3) is 12.2 Å². The molecular formula is C26H28O4. The number of ketones is 2. The third-order valence-electron chi connectivity index (χ3n) is 4.88. The van der Waals surface area contributed by atoms with E-state index in [-0.39, 0.29) is 0 Å². The highest BCUT2D eigenvalue weighted by atomic mass is 16.5. The van der Waals surface area contributed by atoms with E-state index >= 15 is 0 Å². The fraction of sp³-hybridized carbons (Fsp3) is 0.269. The van der Waals surface area contributed by atoms with Crippen LogP contribution in [0, 0.1) is 5.92 Å². The number of carbonyl (C=O) groups excluding carboxylic acids is 3. The summed E-state index contributed by atoms with van der Waals surface area (Å²) < 4.78 is 4.68. The highest BCUT2D eigenvalue weighted by molar-refractivity contribution is 6.24. The molecule has 0 aliphatic heterocycles. The highest BCUT2D eigenvalue weighted by Gasteiger charge is 2.31. The average Bonchev–Trinajstić information content (AvgIpc) is 2.76. The topological polar surface area (TPSA) is 60.4 Å². The van der Waals surface area contributed by atoms with Gasteiger partial charge in [0.1, 0.15) is 0 Å². The van der Waals surface area contributed by atoms with Crippen LogP contribution < -0.4 is 0 Å². The maximum atomic E-state index is 12.6. The largest absolute Gasteiger partial charge is 0.468 e. The Balaban J connectivity index is 2.14. The molecule has 4 nitrogen and oxygen atoms in total. The molecule has 0 aliphatic rings. The summed E-state index contributed by atoms with van der Waals surface area (Å²) in [5.74, 6) is -3.17. The first kappa shape index (κ1) is 23.0. The Morgan fingerprint density at radius 1 is 0.833 bits per heavy atom. The van der Waals surface area contributed by atoms with Crippen LogP contribution in [0.3, 0.4) is 0 Å². The van der Waals surface area contributed by atoms with Crippen LogP contribution >= 0.6 is 0 Å². The van der Waals surface area contributed by atoms with Crippen molar-refractivity contribution in [2.45, 2.75) is 33.1 Å². The number of ether oxygens (including phenoxy) is 1. The van der Waals surface area contributed by atoms with Crippen molar-refractivity contribution in [1.29, 1.82) is 0 Å². The first-order valence-corrected chi connectivity index (χ1v) is 10.1. The van der Waals surface area contributed by atoms with Crippen LogP contribution in [-0.4, -0.2) is 24.6 Å². The number of carbonyl (C=O) groups is 3. The first-order valence-electron chi connectivity index (χ1n) is 10.1. The monoisotopic (exact) mass is 404 g/mol. The van der Waals surface area contributed by atoms with E-state index in [0.29, 0.717) is 5.92 Å². The number of hydrogen-bond acceptors (Lipinski definition) is 4. The lowest BCUT2D eigenvalue weighted by atomic mass is 9.96. The van der Waals surface area contributed by atoms with Crippen molar-refractivity contribution in [2.75, 3.05) is 7.11 Å². The summed E-state index contributed by atoms with van der Waals surface area (Å²) in [6.07, 6.45) is 6.63. The molecule has 2 rings (SSSR count). The molecule has 0 fully saturated rings. The normalized spacial score (nSPS) is 12.4. The summed E-state index contributed by atoms with van der Waals surface area (Å²) in [5, 5.41) is 0. The van der Waals surface area contributed by atoms with Crippen molar-refractivity contribution in [3.63, 3.8) is 0 Å². The molecule has 4 heteroatoms. The van der Waals surface area contributed by atoms with Crippen LogP contribution in [0.2, 0.25) is 0 Å². The van der Waals surface area contributed by atoms with Crippen LogP contribution in [0.4, 0.5) is 0 Å². The van der Waals surface area contributed by atoms with Gasteiger partial charge in [0, 0.05) is 0 Å². The summed E-state index contributed by atoms with van der Waals surface area (Å²) in [5.41, 5.74) is 4.01. The Morgan fingerprint density at radius 3 is 1.70 bits per heavy atom. The Morgan fingerprint density at radius 2 is 1.30 bits per heavy atom. The van der Waals surface area contributed by atoms with Gasteiger partial charge in [-0.25, -0.2) is 0 Å². The first-order chi connectivity index (χ1) is 14.3. The van der Waals surface area contributed by atoms with Gasteiger partial charge in [-0.3, -0.25) is 14.4 Å². The van der Waals surface area contributed by atoms with Gasteiger partial charge in [-0.2, -0.15) is 0 Å². The molecule has 0 amide bonds.